The second-order valence-corrected chi connectivity index (χ2v) is 4.31. The number of hydrogen-bond donors (Lipinski definition) is 0. The summed E-state index contributed by atoms with van der Waals surface area (Å²) in [6.07, 6.45) is 0. The number of carbonyl (C=O) groups excluding carboxylic acids is 1. The van der Waals surface area contributed by atoms with Gasteiger partial charge in [0, 0.05) is 10.6 Å². The van der Waals surface area contributed by atoms with Crippen molar-refractivity contribution in [2.75, 3.05) is 0 Å². The number of carboxylic acids is 1. The summed E-state index contributed by atoms with van der Waals surface area (Å²) in [5.41, 5.74) is 1.51. The molecule has 0 spiro atoms. The van der Waals surface area contributed by atoms with Gasteiger partial charge in [-0.1, -0.05) is 23.7 Å². The van der Waals surface area contributed by atoms with Crippen molar-refractivity contribution < 1.29 is 9.90 Å². The van der Waals surface area contributed by atoms with Gasteiger partial charge in [0.2, 0.25) is 0 Å². The molecular weight excluding hydrogens is 232 g/mol. The predicted molar refractivity (Wildman–Crippen MR) is 59.1 cm³/mol. The lowest BCUT2D eigenvalue weighted by molar-refractivity contribution is -0.254. The summed E-state index contributed by atoms with van der Waals surface area (Å²) in [7, 11) is 0. The van der Waals surface area contributed by atoms with Gasteiger partial charge in [0.15, 0.2) is 0 Å². The third kappa shape index (κ3) is 2.03. The molecule has 15 heavy (non-hydrogen) atoms. The summed E-state index contributed by atoms with van der Waals surface area (Å²) in [6, 6.07) is 8.80. The SMILES string of the molecule is O=C([O-])c1sccc1-c1ccc(Cl)cc1. The second-order valence-electron chi connectivity index (χ2n) is 2.96. The fourth-order valence-electron chi connectivity index (χ4n) is 1.32. The number of carboxylic acid groups (broad SMARTS) is 1. The lowest BCUT2D eigenvalue weighted by atomic mass is 10.1. The molecule has 1 aromatic heterocycles. The number of rotatable bonds is 2. The van der Waals surface area contributed by atoms with Crippen molar-refractivity contribution in [2.24, 2.45) is 0 Å². The van der Waals surface area contributed by atoms with Crippen LogP contribution in [0.4, 0.5) is 0 Å². The molecule has 4 heteroatoms. The van der Waals surface area contributed by atoms with Crippen LogP contribution in [0.5, 0.6) is 0 Å². The third-order valence-corrected chi connectivity index (χ3v) is 3.15. The van der Waals surface area contributed by atoms with Crippen molar-refractivity contribution in [3.05, 3.63) is 45.6 Å². The van der Waals surface area contributed by atoms with E-state index in [4.69, 9.17) is 11.6 Å². The van der Waals surface area contributed by atoms with Crippen LogP contribution in [0.25, 0.3) is 11.1 Å². The summed E-state index contributed by atoms with van der Waals surface area (Å²) in [4.78, 5) is 11.0. The number of aromatic carboxylic acids is 1. The van der Waals surface area contributed by atoms with E-state index in [-0.39, 0.29) is 4.88 Å². The first kappa shape index (κ1) is 10.2. The summed E-state index contributed by atoms with van der Waals surface area (Å²) in [6.45, 7) is 0. The Hall–Kier alpha value is -1.32. The molecule has 0 saturated heterocycles. The molecule has 0 bridgehead atoms. The molecule has 1 heterocycles. The maximum absolute atomic E-state index is 10.8. The quantitative estimate of drug-likeness (QED) is 0.805. The highest BCUT2D eigenvalue weighted by atomic mass is 35.5. The maximum atomic E-state index is 10.8. The van der Waals surface area contributed by atoms with Crippen LogP contribution in [-0.2, 0) is 0 Å². The molecule has 2 nitrogen and oxygen atoms in total. The first-order valence-electron chi connectivity index (χ1n) is 4.23. The van der Waals surface area contributed by atoms with Gasteiger partial charge in [0.25, 0.3) is 0 Å². The molecule has 0 N–H and O–H groups in total. The minimum absolute atomic E-state index is 0.248. The Morgan fingerprint density at radius 1 is 1.20 bits per heavy atom. The number of hydrogen-bond acceptors (Lipinski definition) is 3. The van der Waals surface area contributed by atoms with E-state index in [1.807, 2.05) is 0 Å². The third-order valence-electron chi connectivity index (χ3n) is 2.01. The molecule has 0 atom stereocenters. The Kier molecular flexibility index (Phi) is 2.75. The topological polar surface area (TPSA) is 40.1 Å². The smallest absolute Gasteiger partial charge is 0.0821 e. The number of carbonyl (C=O) groups is 1. The fraction of sp³-hybridized carbons (Fsp3) is 0. The summed E-state index contributed by atoms with van der Waals surface area (Å²) in [5.74, 6) is -1.14. The van der Waals surface area contributed by atoms with Crippen LogP contribution < -0.4 is 5.11 Å². The Morgan fingerprint density at radius 3 is 2.47 bits per heavy atom. The summed E-state index contributed by atoms with van der Waals surface area (Å²) in [5, 5.41) is 13.2. The van der Waals surface area contributed by atoms with E-state index in [1.54, 1.807) is 35.7 Å². The largest absolute Gasteiger partial charge is 0.544 e. The molecule has 0 amide bonds. The van der Waals surface area contributed by atoms with Crippen molar-refractivity contribution in [3.63, 3.8) is 0 Å². The molecule has 2 rings (SSSR count). The predicted octanol–water partition coefficient (Wildman–Crippen LogP) is 2.43. The molecule has 1 aromatic carbocycles. The molecule has 76 valence electrons. The van der Waals surface area contributed by atoms with Crippen molar-refractivity contribution in [1.29, 1.82) is 0 Å². The zero-order valence-electron chi connectivity index (χ0n) is 7.57. The maximum Gasteiger partial charge on any atom is 0.0821 e. The van der Waals surface area contributed by atoms with Crippen molar-refractivity contribution in [1.82, 2.24) is 0 Å². The molecule has 0 radical (unpaired) electrons. The highest BCUT2D eigenvalue weighted by molar-refractivity contribution is 7.12. The van der Waals surface area contributed by atoms with Gasteiger partial charge in [0.1, 0.15) is 0 Å². The molecule has 2 aromatic rings. The van der Waals surface area contributed by atoms with E-state index in [2.05, 4.69) is 0 Å². The van der Waals surface area contributed by atoms with Crippen LogP contribution in [0, 0.1) is 0 Å². The molecule has 0 aliphatic carbocycles. The summed E-state index contributed by atoms with van der Waals surface area (Å²) >= 11 is 6.91. The van der Waals surface area contributed by atoms with Crippen LogP contribution in [0.15, 0.2) is 35.7 Å². The van der Waals surface area contributed by atoms with Gasteiger partial charge in [-0.15, -0.1) is 11.3 Å². The fourth-order valence-corrected chi connectivity index (χ4v) is 2.20. The van der Waals surface area contributed by atoms with Crippen LogP contribution in [-0.4, -0.2) is 5.97 Å². The number of thiophene rings is 1. The Morgan fingerprint density at radius 2 is 1.87 bits per heavy atom. The second kappa shape index (κ2) is 4.04. The molecule has 0 saturated carbocycles. The van der Waals surface area contributed by atoms with E-state index in [9.17, 15) is 9.90 Å². The van der Waals surface area contributed by atoms with E-state index in [0.717, 1.165) is 16.9 Å². The van der Waals surface area contributed by atoms with Gasteiger partial charge in [0.05, 0.1) is 10.8 Å². The van der Waals surface area contributed by atoms with Crippen LogP contribution in [0.1, 0.15) is 9.67 Å². The van der Waals surface area contributed by atoms with Gasteiger partial charge in [-0.2, -0.15) is 0 Å². The Labute approximate surface area is 95.8 Å². The van der Waals surface area contributed by atoms with Crippen LogP contribution >= 0.6 is 22.9 Å². The Balaban J connectivity index is 2.49. The molecule has 0 unspecified atom stereocenters. The van der Waals surface area contributed by atoms with Crippen molar-refractivity contribution in [3.8, 4) is 11.1 Å². The molecular formula is C11H6ClO2S-. The van der Waals surface area contributed by atoms with Crippen molar-refractivity contribution in [2.45, 2.75) is 0 Å². The number of benzene rings is 1. The zero-order valence-corrected chi connectivity index (χ0v) is 9.14. The first-order valence-corrected chi connectivity index (χ1v) is 5.49. The molecule has 0 aliphatic rings. The van der Waals surface area contributed by atoms with E-state index in [1.165, 1.54) is 0 Å². The average molecular weight is 238 g/mol. The highest BCUT2D eigenvalue weighted by Crippen LogP contribution is 2.28. The van der Waals surface area contributed by atoms with E-state index in [0.29, 0.717) is 10.6 Å². The Bertz CT molecular complexity index is 488. The van der Waals surface area contributed by atoms with Crippen LogP contribution in [0.2, 0.25) is 5.02 Å². The first-order chi connectivity index (χ1) is 7.18. The van der Waals surface area contributed by atoms with Gasteiger partial charge in [-0.3, -0.25) is 0 Å². The van der Waals surface area contributed by atoms with E-state index < -0.39 is 5.97 Å². The molecule has 0 aliphatic heterocycles. The number of halogens is 1. The highest BCUT2D eigenvalue weighted by Gasteiger charge is 2.06. The normalized spacial score (nSPS) is 10.2. The lowest BCUT2D eigenvalue weighted by Crippen LogP contribution is -2.21. The summed E-state index contributed by atoms with van der Waals surface area (Å²) < 4.78 is 0. The van der Waals surface area contributed by atoms with Crippen molar-refractivity contribution >= 4 is 28.9 Å². The lowest BCUT2D eigenvalue weighted by Gasteiger charge is -2.04. The van der Waals surface area contributed by atoms with Gasteiger partial charge < -0.3 is 9.90 Å². The van der Waals surface area contributed by atoms with Gasteiger partial charge in [-0.25, -0.2) is 0 Å². The molecule has 0 fully saturated rings. The van der Waals surface area contributed by atoms with Gasteiger partial charge in [-0.05, 0) is 29.1 Å². The standard InChI is InChI=1S/C11H7ClO2S/c12-8-3-1-7(2-4-8)9-5-6-15-10(9)11(13)14/h1-6H,(H,13,14)/p-1. The minimum atomic E-state index is -1.14. The zero-order chi connectivity index (χ0) is 10.8. The minimum Gasteiger partial charge on any atom is -0.544 e. The van der Waals surface area contributed by atoms with E-state index >= 15 is 0 Å². The van der Waals surface area contributed by atoms with Gasteiger partial charge >= 0.3 is 0 Å². The monoisotopic (exact) mass is 237 g/mol. The van der Waals surface area contributed by atoms with Crippen LogP contribution in [0.3, 0.4) is 0 Å². The average Bonchev–Trinajstić information content (AvgIpc) is 2.67.